The second kappa shape index (κ2) is 6.31. The van der Waals surface area contributed by atoms with Gasteiger partial charge in [0.2, 0.25) is 0 Å². The molecule has 0 spiro atoms. The second-order valence-corrected chi connectivity index (χ2v) is 4.86. The van der Waals surface area contributed by atoms with Crippen LogP contribution in [0.3, 0.4) is 0 Å². The van der Waals surface area contributed by atoms with Crippen molar-refractivity contribution in [2.45, 2.75) is 44.5 Å². The SMILES string of the molecule is C=C[C@@]1(C)[C@@H](O)C[C@@H](CC(=O)OC)O[C@@H]1CCO. The largest absolute Gasteiger partial charge is 0.469 e. The topological polar surface area (TPSA) is 76.0 Å². The molecule has 0 saturated carbocycles. The van der Waals surface area contributed by atoms with E-state index in [1.807, 2.05) is 6.92 Å². The van der Waals surface area contributed by atoms with Crippen molar-refractivity contribution >= 4 is 5.97 Å². The lowest BCUT2D eigenvalue weighted by Gasteiger charge is -2.46. The van der Waals surface area contributed by atoms with Crippen molar-refractivity contribution in [3.8, 4) is 0 Å². The fraction of sp³-hybridized carbons (Fsp3) is 0.769. The van der Waals surface area contributed by atoms with Crippen LogP contribution in [0.4, 0.5) is 0 Å². The number of esters is 1. The molecule has 1 rings (SSSR count). The van der Waals surface area contributed by atoms with Crippen molar-refractivity contribution in [3.05, 3.63) is 12.7 Å². The van der Waals surface area contributed by atoms with E-state index in [4.69, 9.17) is 9.84 Å². The summed E-state index contributed by atoms with van der Waals surface area (Å²) < 4.78 is 10.4. The zero-order valence-corrected chi connectivity index (χ0v) is 11.0. The maximum absolute atomic E-state index is 11.2. The Morgan fingerprint density at radius 1 is 1.67 bits per heavy atom. The van der Waals surface area contributed by atoms with Gasteiger partial charge in [0.25, 0.3) is 0 Å². The third-order valence-electron chi connectivity index (χ3n) is 3.71. The molecule has 1 saturated heterocycles. The average molecular weight is 258 g/mol. The number of methoxy groups -OCH3 is 1. The van der Waals surface area contributed by atoms with E-state index in [0.717, 1.165) is 0 Å². The molecule has 1 fully saturated rings. The van der Waals surface area contributed by atoms with Crippen LogP contribution in [0.2, 0.25) is 0 Å². The standard InChI is InChI=1S/C13H22O5/c1-4-13(2)10(15)7-9(8-12(16)17-3)18-11(13)5-6-14/h4,9-11,14-15H,1,5-8H2,2-3H3/t9-,10-,11+,13-/m0/s1. The van der Waals surface area contributed by atoms with Crippen LogP contribution in [0.5, 0.6) is 0 Å². The van der Waals surface area contributed by atoms with Crippen LogP contribution in [-0.2, 0) is 14.3 Å². The molecule has 0 aromatic heterocycles. The van der Waals surface area contributed by atoms with Crippen LogP contribution in [0, 0.1) is 5.41 Å². The third-order valence-corrected chi connectivity index (χ3v) is 3.71. The van der Waals surface area contributed by atoms with Gasteiger partial charge >= 0.3 is 5.97 Å². The van der Waals surface area contributed by atoms with Crippen LogP contribution < -0.4 is 0 Å². The number of hydrogen-bond donors (Lipinski definition) is 2. The molecule has 1 heterocycles. The minimum absolute atomic E-state index is 0.0360. The summed E-state index contributed by atoms with van der Waals surface area (Å²) in [7, 11) is 1.32. The van der Waals surface area contributed by atoms with Crippen molar-refractivity contribution in [2.75, 3.05) is 13.7 Å². The third kappa shape index (κ3) is 3.10. The van der Waals surface area contributed by atoms with Gasteiger partial charge in [-0.15, -0.1) is 6.58 Å². The highest BCUT2D eigenvalue weighted by Gasteiger charge is 2.45. The second-order valence-electron chi connectivity index (χ2n) is 4.86. The van der Waals surface area contributed by atoms with Crippen LogP contribution in [0.15, 0.2) is 12.7 Å². The fourth-order valence-corrected chi connectivity index (χ4v) is 2.32. The summed E-state index contributed by atoms with van der Waals surface area (Å²) in [6.45, 7) is 5.54. The molecule has 1 aliphatic heterocycles. The van der Waals surface area contributed by atoms with Gasteiger partial charge < -0.3 is 19.7 Å². The number of carbonyl (C=O) groups excluding carboxylic acids is 1. The van der Waals surface area contributed by atoms with Gasteiger partial charge in [-0.3, -0.25) is 4.79 Å². The van der Waals surface area contributed by atoms with Crippen molar-refractivity contribution in [3.63, 3.8) is 0 Å². The molecule has 5 nitrogen and oxygen atoms in total. The minimum atomic E-state index is -0.644. The molecule has 18 heavy (non-hydrogen) atoms. The summed E-state index contributed by atoms with van der Waals surface area (Å²) >= 11 is 0. The van der Waals surface area contributed by atoms with Gasteiger partial charge in [0.15, 0.2) is 0 Å². The number of carbonyl (C=O) groups is 1. The summed E-state index contributed by atoms with van der Waals surface area (Å²) in [5.74, 6) is -0.364. The highest BCUT2D eigenvalue weighted by atomic mass is 16.5. The Morgan fingerprint density at radius 3 is 2.83 bits per heavy atom. The van der Waals surface area contributed by atoms with E-state index in [9.17, 15) is 9.90 Å². The van der Waals surface area contributed by atoms with E-state index in [1.54, 1.807) is 6.08 Å². The quantitative estimate of drug-likeness (QED) is 0.559. The lowest BCUT2D eigenvalue weighted by molar-refractivity contribution is -0.176. The number of hydrogen-bond acceptors (Lipinski definition) is 5. The molecule has 2 N–H and O–H groups in total. The summed E-state index contributed by atoms with van der Waals surface area (Å²) in [5, 5.41) is 19.3. The average Bonchev–Trinajstić information content (AvgIpc) is 2.35. The van der Waals surface area contributed by atoms with E-state index in [-0.39, 0.29) is 31.2 Å². The van der Waals surface area contributed by atoms with Gasteiger partial charge in [0.1, 0.15) is 0 Å². The number of aliphatic hydroxyl groups is 2. The lowest BCUT2D eigenvalue weighted by atomic mass is 9.73. The predicted molar refractivity (Wildman–Crippen MR) is 65.9 cm³/mol. The maximum atomic E-state index is 11.2. The smallest absolute Gasteiger partial charge is 0.308 e. The monoisotopic (exact) mass is 258 g/mol. The first kappa shape index (κ1) is 15.1. The van der Waals surface area contributed by atoms with E-state index in [2.05, 4.69) is 11.3 Å². The normalized spacial score (nSPS) is 36.1. The summed E-state index contributed by atoms with van der Waals surface area (Å²) in [4.78, 5) is 11.2. The van der Waals surface area contributed by atoms with Crippen LogP contribution >= 0.6 is 0 Å². The Balaban J connectivity index is 2.76. The van der Waals surface area contributed by atoms with Crippen molar-refractivity contribution < 1.29 is 24.5 Å². The molecule has 1 aliphatic rings. The zero-order valence-electron chi connectivity index (χ0n) is 11.0. The molecule has 0 aliphatic carbocycles. The van der Waals surface area contributed by atoms with Gasteiger partial charge in [-0.1, -0.05) is 13.0 Å². The molecule has 5 heteroatoms. The number of aliphatic hydroxyl groups excluding tert-OH is 2. The maximum Gasteiger partial charge on any atom is 0.308 e. The van der Waals surface area contributed by atoms with E-state index in [1.165, 1.54) is 7.11 Å². The molecule has 0 bridgehead atoms. The Morgan fingerprint density at radius 2 is 2.33 bits per heavy atom. The Labute approximate surface area is 107 Å². The molecular weight excluding hydrogens is 236 g/mol. The first-order chi connectivity index (χ1) is 8.47. The Hall–Kier alpha value is -0.910. The van der Waals surface area contributed by atoms with Gasteiger partial charge in [-0.2, -0.15) is 0 Å². The summed E-state index contributed by atoms with van der Waals surface area (Å²) in [6, 6.07) is 0. The van der Waals surface area contributed by atoms with Gasteiger partial charge in [0.05, 0.1) is 31.8 Å². The molecule has 0 aromatic rings. The van der Waals surface area contributed by atoms with Crippen molar-refractivity contribution in [2.24, 2.45) is 5.41 Å². The zero-order chi connectivity index (χ0) is 13.8. The number of rotatable bonds is 5. The molecule has 0 aromatic carbocycles. The van der Waals surface area contributed by atoms with Crippen LogP contribution in [0.1, 0.15) is 26.2 Å². The first-order valence-corrected chi connectivity index (χ1v) is 6.12. The Bertz CT molecular complexity index is 304. The minimum Gasteiger partial charge on any atom is -0.469 e. The summed E-state index contributed by atoms with van der Waals surface area (Å²) in [5.41, 5.74) is -0.602. The van der Waals surface area contributed by atoms with Crippen molar-refractivity contribution in [1.29, 1.82) is 0 Å². The Kier molecular flexibility index (Phi) is 5.31. The van der Waals surface area contributed by atoms with Gasteiger partial charge in [0, 0.05) is 18.4 Å². The first-order valence-electron chi connectivity index (χ1n) is 6.12. The highest BCUT2D eigenvalue weighted by molar-refractivity contribution is 5.69. The van der Waals surface area contributed by atoms with E-state index < -0.39 is 11.5 Å². The molecular formula is C13H22O5. The predicted octanol–water partition coefficient (Wildman–Crippen LogP) is 0.643. The van der Waals surface area contributed by atoms with Crippen molar-refractivity contribution in [1.82, 2.24) is 0 Å². The summed E-state index contributed by atoms with van der Waals surface area (Å²) in [6.07, 6.45) is 1.16. The van der Waals surface area contributed by atoms with Gasteiger partial charge in [-0.25, -0.2) is 0 Å². The molecule has 4 atom stereocenters. The molecule has 104 valence electrons. The highest BCUT2D eigenvalue weighted by Crippen LogP contribution is 2.40. The fourth-order valence-electron chi connectivity index (χ4n) is 2.32. The van der Waals surface area contributed by atoms with E-state index in [0.29, 0.717) is 12.8 Å². The van der Waals surface area contributed by atoms with Crippen LogP contribution in [-0.4, -0.2) is 48.2 Å². The van der Waals surface area contributed by atoms with Crippen LogP contribution in [0.25, 0.3) is 0 Å². The molecule has 0 unspecified atom stereocenters. The van der Waals surface area contributed by atoms with Gasteiger partial charge in [-0.05, 0) is 6.42 Å². The molecule has 0 amide bonds. The van der Waals surface area contributed by atoms with E-state index >= 15 is 0 Å². The lowest BCUT2D eigenvalue weighted by Crippen LogP contribution is -2.51. The number of ether oxygens (including phenoxy) is 2. The molecule has 0 radical (unpaired) electrons.